The third-order valence-electron chi connectivity index (χ3n) is 6.90. The standard InChI is InChI=1S/C19H24F2N4O2/c1-10-4-6-25(10)18-22-16-11(3-2-5-19(16,20)21)17(23-18)24-8-13-12(7-15(26)27)14(13)9-24/h10,12-14H,2-9H2,1H3,(H,26,27)/t10-,12-,13-,14+/m0/s1. The molecule has 8 heteroatoms. The molecule has 2 aliphatic carbocycles. The second kappa shape index (κ2) is 5.75. The van der Waals surface area contributed by atoms with Gasteiger partial charge in [-0.1, -0.05) is 0 Å². The molecular weight excluding hydrogens is 354 g/mol. The van der Waals surface area contributed by atoms with Crippen LogP contribution in [0.2, 0.25) is 0 Å². The van der Waals surface area contributed by atoms with Crippen molar-refractivity contribution in [2.24, 2.45) is 17.8 Å². The van der Waals surface area contributed by atoms with Gasteiger partial charge in [0.15, 0.2) is 0 Å². The Morgan fingerprint density at radius 1 is 1.30 bits per heavy atom. The highest BCUT2D eigenvalue weighted by Gasteiger charge is 2.57. The number of fused-ring (bicyclic) bond motifs is 2. The topological polar surface area (TPSA) is 69.6 Å². The molecule has 0 spiro atoms. The molecule has 1 aromatic heterocycles. The van der Waals surface area contributed by atoms with E-state index >= 15 is 0 Å². The Bertz CT molecular complexity index is 790. The summed E-state index contributed by atoms with van der Waals surface area (Å²) in [7, 11) is 0. The number of carboxylic acid groups (broad SMARTS) is 1. The molecule has 0 amide bonds. The lowest BCUT2D eigenvalue weighted by Gasteiger charge is -2.40. The van der Waals surface area contributed by atoms with Crippen LogP contribution in [0.5, 0.6) is 0 Å². The first kappa shape index (κ1) is 17.1. The first-order valence-electron chi connectivity index (χ1n) is 9.88. The fraction of sp³-hybridized carbons (Fsp3) is 0.737. The van der Waals surface area contributed by atoms with E-state index in [-0.39, 0.29) is 30.5 Å². The van der Waals surface area contributed by atoms with E-state index in [1.54, 1.807) is 0 Å². The maximum atomic E-state index is 14.6. The van der Waals surface area contributed by atoms with Gasteiger partial charge >= 0.3 is 5.97 Å². The number of carboxylic acids is 1. The SMILES string of the molecule is C[C@H]1CCN1c1nc(N2C[C@@H]3[C@@H](CC(=O)O)[C@@H]3C2)c2c(n1)C(F)(F)CCC2. The van der Waals surface area contributed by atoms with Crippen molar-refractivity contribution in [2.45, 2.75) is 51.0 Å². The summed E-state index contributed by atoms with van der Waals surface area (Å²) >= 11 is 0. The molecule has 2 saturated heterocycles. The molecule has 6 nitrogen and oxygen atoms in total. The molecule has 0 unspecified atom stereocenters. The molecular formula is C19H24F2N4O2. The van der Waals surface area contributed by atoms with E-state index in [9.17, 15) is 13.6 Å². The molecule has 0 bridgehead atoms. The minimum absolute atomic E-state index is 0.0875. The van der Waals surface area contributed by atoms with Crippen molar-refractivity contribution in [3.05, 3.63) is 11.3 Å². The van der Waals surface area contributed by atoms with Gasteiger partial charge in [-0.15, -0.1) is 0 Å². The molecule has 0 aromatic carbocycles. The number of hydrogen-bond acceptors (Lipinski definition) is 5. The van der Waals surface area contributed by atoms with Crippen LogP contribution in [0.15, 0.2) is 0 Å². The third-order valence-corrected chi connectivity index (χ3v) is 6.90. The van der Waals surface area contributed by atoms with Gasteiger partial charge in [0.25, 0.3) is 5.92 Å². The summed E-state index contributed by atoms with van der Waals surface area (Å²) in [4.78, 5) is 24.1. The van der Waals surface area contributed by atoms with Gasteiger partial charge in [0, 0.05) is 44.1 Å². The van der Waals surface area contributed by atoms with Crippen molar-refractivity contribution in [1.29, 1.82) is 0 Å². The Labute approximate surface area is 156 Å². The molecule has 0 radical (unpaired) electrons. The number of nitrogens with zero attached hydrogens (tertiary/aromatic N) is 4. The van der Waals surface area contributed by atoms with Crippen LogP contribution >= 0.6 is 0 Å². The van der Waals surface area contributed by atoms with E-state index in [0.717, 1.165) is 13.0 Å². The number of aliphatic carboxylic acids is 1. The first-order valence-corrected chi connectivity index (χ1v) is 9.88. The molecule has 5 rings (SSSR count). The second-order valence-electron chi connectivity index (χ2n) is 8.56. The predicted octanol–water partition coefficient (Wildman–Crippen LogP) is 2.66. The van der Waals surface area contributed by atoms with E-state index in [4.69, 9.17) is 10.1 Å². The lowest BCUT2D eigenvalue weighted by molar-refractivity contribution is -0.137. The monoisotopic (exact) mass is 378 g/mol. The quantitative estimate of drug-likeness (QED) is 0.869. The van der Waals surface area contributed by atoms with E-state index in [1.807, 2.05) is 4.90 Å². The molecule has 4 atom stereocenters. The van der Waals surface area contributed by atoms with Gasteiger partial charge in [-0.2, -0.15) is 13.8 Å². The maximum absolute atomic E-state index is 14.6. The van der Waals surface area contributed by atoms with Gasteiger partial charge in [0.05, 0.1) is 0 Å². The number of alkyl halides is 2. The summed E-state index contributed by atoms with van der Waals surface area (Å²) in [6, 6.07) is 0.278. The van der Waals surface area contributed by atoms with E-state index < -0.39 is 11.9 Å². The van der Waals surface area contributed by atoms with Crippen LogP contribution in [0, 0.1) is 17.8 Å². The van der Waals surface area contributed by atoms with Crippen LogP contribution in [-0.2, 0) is 17.1 Å². The molecule has 146 valence electrons. The highest BCUT2D eigenvalue weighted by molar-refractivity contribution is 5.68. The van der Waals surface area contributed by atoms with Gasteiger partial charge in [0.1, 0.15) is 11.5 Å². The number of anilines is 2. The Kier molecular flexibility index (Phi) is 3.65. The summed E-state index contributed by atoms with van der Waals surface area (Å²) in [6.45, 7) is 4.29. The van der Waals surface area contributed by atoms with Crippen molar-refractivity contribution >= 4 is 17.7 Å². The van der Waals surface area contributed by atoms with Gasteiger partial charge in [-0.3, -0.25) is 4.79 Å². The summed E-state index contributed by atoms with van der Waals surface area (Å²) in [5.41, 5.74) is 0.509. The van der Waals surface area contributed by atoms with Crippen molar-refractivity contribution < 1.29 is 18.7 Å². The van der Waals surface area contributed by atoms with Crippen LogP contribution in [-0.4, -0.2) is 46.7 Å². The first-order chi connectivity index (χ1) is 12.8. The summed E-state index contributed by atoms with van der Waals surface area (Å²) in [5, 5.41) is 9.01. The zero-order valence-corrected chi connectivity index (χ0v) is 15.4. The molecule has 3 heterocycles. The van der Waals surface area contributed by atoms with Crippen molar-refractivity contribution in [2.75, 3.05) is 29.4 Å². The van der Waals surface area contributed by atoms with Gasteiger partial charge < -0.3 is 14.9 Å². The van der Waals surface area contributed by atoms with Crippen molar-refractivity contribution in [3.8, 4) is 0 Å². The Balaban J connectivity index is 1.47. The molecule has 3 fully saturated rings. The van der Waals surface area contributed by atoms with Crippen molar-refractivity contribution in [1.82, 2.24) is 9.97 Å². The average Bonchev–Trinajstić information content (AvgIpc) is 3.03. The van der Waals surface area contributed by atoms with Crippen LogP contribution in [0.1, 0.15) is 43.9 Å². The lowest BCUT2D eigenvalue weighted by Crippen LogP contribution is -2.47. The van der Waals surface area contributed by atoms with Gasteiger partial charge in [-0.05, 0) is 43.9 Å². The van der Waals surface area contributed by atoms with Gasteiger partial charge in [-0.25, -0.2) is 4.98 Å². The van der Waals surface area contributed by atoms with Crippen LogP contribution in [0.25, 0.3) is 0 Å². The Morgan fingerprint density at radius 3 is 2.63 bits per heavy atom. The van der Waals surface area contributed by atoms with Crippen LogP contribution in [0.4, 0.5) is 20.5 Å². The number of halogens is 2. The fourth-order valence-corrected chi connectivity index (χ4v) is 5.13. The normalized spacial score (nSPS) is 33.3. The highest BCUT2D eigenvalue weighted by Crippen LogP contribution is 2.55. The third kappa shape index (κ3) is 2.67. The summed E-state index contributed by atoms with van der Waals surface area (Å²) in [6.07, 6.45) is 2.10. The fourth-order valence-electron chi connectivity index (χ4n) is 5.13. The van der Waals surface area contributed by atoms with Crippen molar-refractivity contribution in [3.63, 3.8) is 0 Å². The number of carbonyl (C=O) groups is 1. The average molecular weight is 378 g/mol. The smallest absolute Gasteiger partial charge is 0.303 e. The summed E-state index contributed by atoms with van der Waals surface area (Å²) in [5.74, 6) is -1.64. The molecule has 4 aliphatic rings. The van der Waals surface area contributed by atoms with Gasteiger partial charge in [0.2, 0.25) is 5.95 Å². The Morgan fingerprint density at radius 2 is 2.04 bits per heavy atom. The maximum Gasteiger partial charge on any atom is 0.303 e. The zero-order valence-electron chi connectivity index (χ0n) is 15.4. The van der Waals surface area contributed by atoms with Crippen LogP contribution < -0.4 is 9.80 Å². The van der Waals surface area contributed by atoms with E-state index in [1.165, 1.54) is 0 Å². The minimum atomic E-state index is -2.90. The highest BCUT2D eigenvalue weighted by atomic mass is 19.3. The molecule has 1 aromatic rings. The molecule has 2 aliphatic heterocycles. The Hall–Kier alpha value is -1.99. The second-order valence-corrected chi connectivity index (χ2v) is 8.56. The molecule has 1 N–H and O–H groups in total. The lowest BCUT2D eigenvalue weighted by atomic mass is 9.92. The number of hydrogen-bond donors (Lipinski definition) is 1. The molecule has 1 saturated carbocycles. The number of rotatable bonds is 4. The summed E-state index contributed by atoms with van der Waals surface area (Å²) < 4.78 is 29.3. The van der Waals surface area contributed by atoms with E-state index in [0.29, 0.717) is 55.1 Å². The number of aromatic nitrogens is 2. The molecule has 27 heavy (non-hydrogen) atoms. The zero-order chi connectivity index (χ0) is 18.9. The number of piperidine rings is 1. The predicted molar refractivity (Wildman–Crippen MR) is 95.2 cm³/mol. The van der Waals surface area contributed by atoms with Crippen LogP contribution in [0.3, 0.4) is 0 Å². The van der Waals surface area contributed by atoms with E-state index in [2.05, 4.69) is 16.8 Å². The largest absolute Gasteiger partial charge is 0.481 e. The minimum Gasteiger partial charge on any atom is -0.481 e.